The number of urea groups is 1. The first-order valence-electron chi connectivity index (χ1n) is 11.6. The predicted octanol–water partition coefficient (Wildman–Crippen LogP) is 3.30. The highest BCUT2D eigenvalue weighted by atomic mass is 16.5. The average molecular weight is 496 g/mol. The number of hydrogen-bond acceptors (Lipinski definition) is 9. The molecule has 0 bridgehead atoms. The molecule has 0 unspecified atom stereocenters. The summed E-state index contributed by atoms with van der Waals surface area (Å²) in [4.78, 5) is 51.2. The van der Waals surface area contributed by atoms with Gasteiger partial charge < -0.3 is 14.1 Å². The van der Waals surface area contributed by atoms with Crippen LogP contribution in [0.25, 0.3) is 22.8 Å². The highest BCUT2D eigenvalue weighted by Crippen LogP contribution is 2.36. The zero-order valence-corrected chi connectivity index (χ0v) is 19.4. The van der Waals surface area contributed by atoms with Crippen LogP contribution in [0, 0.1) is 0 Å². The number of ether oxygens (including phenoxy) is 1. The molecule has 37 heavy (non-hydrogen) atoms. The number of pyridine rings is 2. The third-order valence-electron chi connectivity index (χ3n) is 6.39. The van der Waals surface area contributed by atoms with Gasteiger partial charge in [-0.25, -0.2) is 14.8 Å². The summed E-state index contributed by atoms with van der Waals surface area (Å²) in [6, 6.07) is 13.6. The fraction of sp³-hybridized carbons (Fsp3) is 0.154. The summed E-state index contributed by atoms with van der Waals surface area (Å²) in [5.41, 5.74) is 0.738. The summed E-state index contributed by atoms with van der Waals surface area (Å²) in [6.45, 7) is 0.475. The van der Waals surface area contributed by atoms with E-state index in [1.165, 1.54) is 0 Å². The molecule has 1 spiro atoms. The van der Waals surface area contributed by atoms with Crippen molar-refractivity contribution in [2.75, 3.05) is 11.4 Å². The van der Waals surface area contributed by atoms with Gasteiger partial charge in [0.25, 0.3) is 11.8 Å². The van der Waals surface area contributed by atoms with Gasteiger partial charge in [-0.1, -0.05) is 0 Å². The van der Waals surface area contributed by atoms with Crippen molar-refractivity contribution in [2.24, 2.45) is 0 Å². The molecule has 0 aliphatic carbocycles. The number of carbonyl (C=O) groups excluding carboxylic acids is 3. The Kier molecular flexibility index (Phi) is 5.37. The topological polar surface area (TPSA) is 140 Å². The maximum Gasteiger partial charge on any atom is 0.328 e. The smallest absolute Gasteiger partial charge is 0.328 e. The van der Waals surface area contributed by atoms with Gasteiger partial charge in [0.15, 0.2) is 11.3 Å². The number of amides is 4. The molecular formula is C26H20N6O5. The van der Waals surface area contributed by atoms with Crippen molar-refractivity contribution in [3.8, 4) is 34.4 Å². The van der Waals surface area contributed by atoms with E-state index >= 15 is 0 Å². The van der Waals surface area contributed by atoms with Crippen molar-refractivity contribution in [1.29, 1.82) is 0 Å². The molecule has 6 rings (SSSR count). The van der Waals surface area contributed by atoms with Crippen molar-refractivity contribution in [1.82, 2.24) is 25.6 Å². The first kappa shape index (κ1) is 22.4. The Labute approximate surface area is 210 Å². The van der Waals surface area contributed by atoms with Gasteiger partial charge in [-0.15, -0.1) is 0 Å². The van der Waals surface area contributed by atoms with Gasteiger partial charge in [-0.2, -0.15) is 0 Å². The van der Waals surface area contributed by atoms with E-state index in [1.54, 1.807) is 54.0 Å². The second-order valence-corrected chi connectivity index (χ2v) is 8.61. The zero-order chi connectivity index (χ0) is 25.4. The third-order valence-corrected chi connectivity index (χ3v) is 6.39. The number of oxazole rings is 1. The molecule has 0 radical (unpaired) electrons. The van der Waals surface area contributed by atoms with E-state index in [0.717, 1.165) is 11.1 Å². The third kappa shape index (κ3) is 3.96. The molecule has 3 aromatic heterocycles. The van der Waals surface area contributed by atoms with E-state index in [-0.39, 0.29) is 0 Å². The van der Waals surface area contributed by atoms with Crippen molar-refractivity contribution in [2.45, 2.75) is 18.4 Å². The van der Waals surface area contributed by atoms with Crippen LogP contribution in [-0.2, 0) is 9.59 Å². The Hall–Kier alpha value is -5.06. The molecule has 2 fully saturated rings. The van der Waals surface area contributed by atoms with Crippen LogP contribution in [0.3, 0.4) is 0 Å². The summed E-state index contributed by atoms with van der Waals surface area (Å²) in [5.74, 6) is 0.762. The van der Waals surface area contributed by atoms with E-state index in [9.17, 15) is 14.4 Å². The Morgan fingerprint density at radius 1 is 0.892 bits per heavy atom. The lowest BCUT2D eigenvalue weighted by Gasteiger charge is -2.38. The second-order valence-electron chi connectivity index (χ2n) is 8.61. The highest BCUT2D eigenvalue weighted by Gasteiger charge is 2.57. The van der Waals surface area contributed by atoms with Gasteiger partial charge in [-0.05, 0) is 55.3 Å². The van der Waals surface area contributed by atoms with E-state index in [0.29, 0.717) is 48.4 Å². The van der Waals surface area contributed by atoms with Crippen LogP contribution in [0.2, 0.25) is 0 Å². The number of imide groups is 2. The molecule has 0 saturated carbocycles. The molecule has 11 heteroatoms. The molecular weight excluding hydrogens is 476 g/mol. The number of hydrogen-bond donors (Lipinski definition) is 2. The SMILES string of the molecule is O=C1NC(=O)C2(CCCN2c2ccc(Oc3ccc(-c4cnc(-c5cccnc5)o4)cc3)nc2)C(=O)N1. The number of benzene rings is 1. The number of carbonyl (C=O) groups is 3. The summed E-state index contributed by atoms with van der Waals surface area (Å²) >= 11 is 0. The van der Waals surface area contributed by atoms with E-state index in [1.807, 2.05) is 24.3 Å². The second kappa shape index (κ2) is 8.86. The van der Waals surface area contributed by atoms with Crippen LogP contribution >= 0.6 is 0 Å². The van der Waals surface area contributed by atoms with Crippen LogP contribution < -0.4 is 20.3 Å². The number of rotatable bonds is 5. The van der Waals surface area contributed by atoms with Crippen molar-refractivity contribution >= 4 is 23.5 Å². The van der Waals surface area contributed by atoms with Gasteiger partial charge in [0.05, 0.1) is 23.6 Å². The molecule has 1 aromatic carbocycles. The van der Waals surface area contributed by atoms with E-state index in [4.69, 9.17) is 9.15 Å². The van der Waals surface area contributed by atoms with Gasteiger partial charge in [0.1, 0.15) is 5.75 Å². The largest absolute Gasteiger partial charge is 0.439 e. The van der Waals surface area contributed by atoms with Crippen LogP contribution in [0.4, 0.5) is 10.5 Å². The summed E-state index contributed by atoms with van der Waals surface area (Å²) < 4.78 is 11.7. The van der Waals surface area contributed by atoms with Crippen molar-refractivity contribution in [3.05, 3.63) is 73.3 Å². The quantitative estimate of drug-likeness (QED) is 0.398. The normalized spacial score (nSPS) is 16.5. The standard InChI is InChI=1S/C26H20N6O5/c33-23-26(24(34)31-25(35)30-23)10-2-12-32(26)18-6-9-21(28-14-18)36-19-7-4-16(5-8-19)20-15-29-22(37-20)17-3-1-11-27-13-17/h1,3-9,11,13-15H,2,10,12H2,(H2,30,31,33,34,35). The lowest BCUT2D eigenvalue weighted by Crippen LogP contribution is -2.71. The molecule has 4 amide bonds. The average Bonchev–Trinajstić information content (AvgIpc) is 3.58. The minimum atomic E-state index is -1.47. The lowest BCUT2D eigenvalue weighted by atomic mass is 9.92. The molecule has 0 atom stereocenters. The first-order chi connectivity index (χ1) is 18.0. The maximum absolute atomic E-state index is 12.6. The van der Waals surface area contributed by atoms with Gasteiger partial charge in [0, 0.05) is 30.6 Å². The van der Waals surface area contributed by atoms with Crippen LogP contribution in [0.5, 0.6) is 11.6 Å². The summed E-state index contributed by atoms with van der Waals surface area (Å²) in [6.07, 6.45) is 7.50. The summed E-state index contributed by atoms with van der Waals surface area (Å²) in [5, 5.41) is 4.40. The number of barbiturate groups is 1. The Bertz CT molecular complexity index is 1460. The number of nitrogens with one attached hydrogen (secondary N) is 2. The van der Waals surface area contributed by atoms with Crippen molar-refractivity contribution < 1.29 is 23.5 Å². The number of anilines is 1. The molecule has 11 nitrogen and oxygen atoms in total. The lowest BCUT2D eigenvalue weighted by molar-refractivity contribution is -0.137. The van der Waals surface area contributed by atoms with E-state index in [2.05, 4.69) is 25.6 Å². The molecule has 2 aliphatic heterocycles. The molecule has 2 N–H and O–H groups in total. The monoisotopic (exact) mass is 496 g/mol. The van der Waals surface area contributed by atoms with Crippen LogP contribution in [0.15, 0.2) is 77.7 Å². The highest BCUT2D eigenvalue weighted by molar-refractivity contribution is 6.24. The Morgan fingerprint density at radius 3 is 2.41 bits per heavy atom. The van der Waals surface area contributed by atoms with Crippen LogP contribution in [0.1, 0.15) is 12.8 Å². The molecule has 5 heterocycles. The molecule has 2 aliphatic rings. The van der Waals surface area contributed by atoms with E-state index < -0.39 is 23.4 Å². The summed E-state index contributed by atoms with van der Waals surface area (Å²) in [7, 11) is 0. The van der Waals surface area contributed by atoms with Crippen LogP contribution in [-0.4, -0.2) is 44.9 Å². The fourth-order valence-corrected chi connectivity index (χ4v) is 4.62. The van der Waals surface area contributed by atoms with Gasteiger partial charge in [0.2, 0.25) is 11.8 Å². The number of aromatic nitrogens is 3. The number of nitrogens with zero attached hydrogens (tertiary/aromatic N) is 4. The van der Waals surface area contributed by atoms with Crippen molar-refractivity contribution in [3.63, 3.8) is 0 Å². The molecule has 4 aromatic rings. The van der Waals surface area contributed by atoms with Gasteiger partial charge >= 0.3 is 6.03 Å². The molecule has 184 valence electrons. The predicted molar refractivity (Wildman–Crippen MR) is 130 cm³/mol. The molecule has 2 saturated heterocycles. The Balaban J connectivity index is 1.16. The zero-order valence-electron chi connectivity index (χ0n) is 19.4. The first-order valence-corrected chi connectivity index (χ1v) is 11.6. The Morgan fingerprint density at radius 2 is 1.70 bits per heavy atom. The fourth-order valence-electron chi connectivity index (χ4n) is 4.62. The minimum Gasteiger partial charge on any atom is -0.439 e. The maximum atomic E-state index is 12.6. The van der Waals surface area contributed by atoms with Gasteiger partial charge in [-0.3, -0.25) is 25.2 Å². The minimum absolute atomic E-state index is 0.303.